The fourth-order valence-electron chi connectivity index (χ4n) is 1.93. The van der Waals surface area contributed by atoms with Gasteiger partial charge in [0.15, 0.2) is 0 Å². The van der Waals surface area contributed by atoms with Crippen molar-refractivity contribution >= 4 is 11.8 Å². The lowest BCUT2D eigenvalue weighted by Crippen LogP contribution is -1.85. The number of hydrogen-bond acceptors (Lipinski definition) is 1. The summed E-state index contributed by atoms with van der Waals surface area (Å²) in [7, 11) is 0. The zero-order valence-electron chi connectivity index (χ0n) is 10.9. The molecule has 0 bridgehead atoms. The quantitative estimate of drug-likeness (QED) is 0.609. The topological polar surface area (TPSA) is 0 Å². The molecule has 94 valence electrons. The first kappa shape index (κ1) is 13.2. The second-order valence-corrected chi connectivity index (χ2v) is 5.66. The second kappa shape index (κ2) is 7.27. The number of rotatable bonds is 6. The molecule has 2 aromatic carbocycles. The number of benzene rings is 2. The van der Waals surface area contributed by atoms with Gasteiger partial charge in [0, 0.05) is 9.79 Å². The smallest absolute Gasteiger partial charge is 0.0122 e. The Morgan fingerprint density at radius 3 is 2.11 bits per heavy atom. The van der Waals surface area contributed by atoms with Gasteiger partial charge in [-0.2, -0.15) is 0 Å². The van der Waals surface area contributed by atoms with Gasteiger partial charge in [-0.05, 0) is 42.7 Å². The fraction of sp³-hybridized carbons (Fsp3) is 0.294. The molecule has 0 spiro atoms. The zero-order valence-corrected chi connectivity index (χ0v) is 11.7. The normalized spacial score (nSPS) is 10.5. The molecule has 0 amide bonds. The maximum Gasteiger partial charge on any atom is 0.0122 e. The molecule has 18 heavy (non-hydrogen) atoms. The predicted octanol–water partition coefficient (Wildman–Crippen LogP) is 5.57. The van der Waals surface area contributed by atoms with E-state index in [0.29, 0.717) is 0 Å². The van der Waals surface area contributed by atoms with Gasteiger partial charge in [-0.3, -0.25) is 0 Å². The third-order valence-corrected chi connectivity index (χ3v) is 3.99. The molecule has 0 saturated heterocycles. The molecule has 2 rings (SSSR count). The highest BCUT2D eigenvalue weighted by molar-refractivity contribution is 7.99. The average molecular weight is 256 g/mol. The van der Waals surface area contributed by atoms with Crippen molar-refractivity contribution in [1.82, 2.24) is 0 Å². The Kier molecular flexibility index (Phi) is 5.35. The van der Waals surface area contributed by atoms with E-state index in [2.05, 4.69) is 61.5 Å². The van der Waals surface area contributed by atoms with Crippen molar-refractivity contribution in [1.29, 1.82) is 0 Å². The van der Waals surface area contributed by atoms with Crippen LogP contribution in [0.15, 0.2) is 64.4 Å². The van der Waals surface area contributed by atoms with Crippen LogP contribution in [0.5, 0.6) is 0 Å². The molecular formula is C17H20S. The zero-order chi connectivity index (χ0) is 12.6. The molecule has 0 atom stereocenters. The summed E-state index contributed by atoms with van der Waals surface area (Å²) < 4.78 is 0. The van der Waals surface area contributed by atoms with Gasteiger partial charge < -0.3 is 0 Å². The average Bonchev–Trinajstić information content (AvgIpc) is 2.42. The van der Waals surface area contributed by atoms with Crippen LogP contribution in [0.1, 0.15) is 31.7 Å². The molecule has 0 N–H and O–H groups in total. The SMILES string of the molecule is CCCCCc1ccc(Sc2ccccc2)cc1. The van der Waals surface area contributed by atoms with Crippen LogP contribution in [0.25, 0.3) is 0 Å². The molecule has 2 aromatic rings. The summed E-state index contributed by atoms with van der Waals surface area (Å²) in [6, 6.07) is 19.5. The van der Waals surface area contributed by atoms with Gasteiger partial charge in [-0.1, -0.05) is 61.9 Å². The Balaban J connectivity index is 1.91. The van der Waals surface area contributed by atoms with Crippen LogP contribution in [0.3, 0.4) is 0 Å². The molecule has 1 heteroatoms. The largest absolute Gasteiger partial charge is 0.0901 e. The van der Waals surface area contributed by atoms with E-state index in [1.807, 2.05) is 11.8 Å². The van der Waals surface area contributed by atoms with Crippen LogP contribution < -0.4 is 0 Å². The molecule has 0 radical (unpaired) electrons. The molecule has 0 heterocycles. The van der Waals surface area contributed by atoms with Gasteiger partial charge in [-0.15, -0.1) is 0 Å². The first-order valence-corrected chi connectivity index (χ1v) is 7.52. The van der Waals surface area contributed by atoms with Crippen LogP contribution in [-0.2, 0) is 6.42 Å². The van der Waals surface area contributed by atoms with Crippen LogP contribution in [0.2, 0.25) is 0 Å². The number of aryl methyl sites for hydroxylation is 1. The van der Waals surface area contributed by atoms with Crippen molar-refractivity contribution in [2.45, 2.75) is 42.4 Å². The van der Waals surface area contributed by atoms with E-state index in [9.17, 15) is 0 Å². The van der Waals surface area contributed by atoms with Crippen molar-refractivity contribution in [3.8, 4) is 0 Å². The van der Waals surface area contributed by atoms with Gasteiger partial charge >= 0.3 is 0 Å². The lowest BCUT2D eigenvalue weighted by molar-refractivity contribution is 0.717. The van der Waals surface area contributed by atoms with E-state index in [-0.39, 0.29) is 0 Å². The van der Waals surface area contributed by atoms with E-state index in [0.717, 1.165) is 0 Å². The first-order chi connectivity index (χ1) is 8.88. The molecule has 0 aliphatic heterocycles. The molecule has 0 aromatic heterocycles. The van der Waals surface area contributed by atoms with Gasteiger partial charge in [0.25, 0.3) is 0 Å². The standard InChI is InChI=1S/C17H20S/c1-2-3-5-8-15-11-13-17(14-12-15)18-16-9-6-4-7-10-16/h4,6-7,9-14H,2-3,5,8H2,1H3. The second-order valence-electron chi connectivity index (χ2n) is 4.52. The van der Waals surface area contributed by atoms with Crippen molar-refractivity contribution < 1.29 is 0 Å². The third kappa shape index (κ3) is 4.23. The highest BCUT2D eigenvalue weighted by atomic mass is 32.2. The van der Waals surface area contributed by atoms with Crippen molar-refractivity contribution in [2.24, 2.45) is 0 Å². The van der Waals surface area contributed by atoms with Gasteiger partial charge in [0.05, 0.1) is 0 Å². The summed E-state index contributed by atoms with van der Waals surface area (Å²) in [6.07, 6.45) is 5.15. The minimum absolute atomic E-state index is 1.21. The van der Waals surface area contributed by atoms with E-state index in [4.69, 9.17) is 0 Å². The summed E-state index contributed by atoms with van der Waals surface area (Å²) in [5, 5.41) is 0. The van der Waals surface area contributed by atoms with Crippen molar-refractivity contribution in [2.75, 3.05) is 0 Å². The lowest BCUT2D eigenvalue weighted by Gasteiger charge is -2.04. The maximum absolute atomic E-state index is 2.26. The Morgan fingerprint density at radius 1 is 0.778 bits per heavy atom. The summed E-state index contributed by atoms with van der Waals surface area (Å²) in [6.45, 7) is 2.25. The highest BCUT2D eigenvalue weighted by Gasteiger charge is 1.97. The Morgan fingerprint density at radius 2 is 1.44 bits per heavy atom. The van der Waals surface area contributed by atoms with E-state index in [1.54, 1.807) is 0 Å². The number of unbranched alkanes of at least 4 members (excludes halogenated alkanes) is 2. The van der Waals surface area contributed by atoms with Crippen molar-refractivity contribution in [3.63, 3.8) is 0 Å². The molecule has 0 unspecified atom stereocenters. The van der Waals surface area contributed by atoms with Gasteiger partial charge in [0.1, 0.15) is 0 Å². The predicted molar refractivity (Wildman–Crippen MR) is 80.2 cm³/mol. The highest BCUT2D eigenvalue weighted by Crippen LogP contribution is 2.27. The number of hydrogen-bond donors (Lipinski definition) is 0. The fourth-order valence-corrected chi connectivity index (χ4v) is 2.77. The molecule has 0 aliphatic carbocycles. The molecule has 0 nitrogen and oxygen atoms in total. The van der Waals surface area contributed by atoms with Crippen molar-refractivity contribution in [3.05, 3.63) is 60.2 Å². The molecular weight excluding hydrogens is 236 g/mol. The van der Waals surface area contributed by atoms with Gasteiger partial charge in [0.2, 0.25) is 0 Å². The van der Waals surface area contributed by atoms with Crippen LogP contribution in [-0.4, -0.2) is 0 Å². The Labute approximate surface area is 114 Å². The minimum atomic E-state index is 1.21. The molecule has 0 aliphatic rings. The summed E-state index contributed by atoms with van der Waals surface area (Å²) in [5.41, 5.74) is 1.46. The van der Waals surface area contributed by atoms with Crippen LogP contribution in [0.4, 0.5) is 0 Å². The molecule has 0 saturated carbocycles. The first-order valence-electron chi connectivity index (χ1n) is 6.70. The van der Waals surface area contributed by atoms with Crippen LogP contribution in [0, 0.1) is 0 Å². The Hall–Kier alpha value is -1.21. The van der Waals surface area contributed by atoms with E-state index < -0.39 is 0 Å². The molecule has 0 fully saturated rings. The lowest BCUT2D eigenvalue weighted by atomic mass is 10.1. The Bertz CT molecular complexity index is 445. The van der Waals surface area contributed by atoms with E-state index in [1.165, 1.54) is 41.0 Å². The monoisotopic (exact) mass is 256 g/mol. The van der Waals surface area contributed by atoms with Crippen LogP contribution >= 0.6 is 11.8 Å². The third-order valence-electron chi connectivity index (χ3n) is 2.97. The summed E-state index contributed by atoms with van der Waals surface area (Å²) in [4.78, 5) is 2.62. The van der Waals surface area contributed by atoms with Gasteiger partial charge in [-0.25, -0.2) is 0 Å². The summed E-state index contributed by atoms with van der Waals surface area (Å²) in [5.74, 6) is 0. The minimum Gasteiger partial charge on any atom is -0.0901 e. The summed E-state index contributed by atoms with van der Waals surface area (Å²) >= 11 is 1.82. The van der Waals surface area contributed by atoms with E-state index >= 15 is 0 Å². The maximum atomic E-state index is 2.26.